The first-order valence-corrected chi connectivity index (χ1v) is 7.17. The van der Waals surface area contributed by atoms with Crippen LogP contribution in [0, 0.1) is 5.92 Å². The number of carbonyl (C=O) groups excluding carboxylic acids is 1. The number of nitrogens with one attached hydrogen (secondary N) is 1. The molecule has 1 aromatic carbocycles. The molecule has 1 rings (SSSR count). The monoisotopic (exact) mass is 292 g/mol. The van der Waals surface area contributed by atoms with E-state index >= 15 is 0 Å². The summed E-state index contributed by atoms with van der Waals surface area (Å²) in [7, 11) is 1.72. The third-order valence-corrected chi connectivity index (χ3v) is 3.43. The van der Waals surface area contributed by atoms with Gasteiger partial charge in [-0.15, -0.1) is 0 Å². The molecule has 0 saturated carbocycles. The predicted molar refractivity (Wildman–Crippen MR) is 82.2 cm³/mol. The summed E-state index contributed by atoms with van der Waals surface area (Å²) in [6.07, 6.45) is 0.714. The number of nitrogens with zero attached hydrogens (tertiary/aromatic N) is 1. The first-order valence-electron chi connectivity index (χ1n) is 7.17. The molecule has 1 atom stereocenters. The summed E-state index contributed by atoms with van der Waals surface area (Å²) in [5, 5.41) is 11.7. The standard InChI is InChI=1S/C16H24N2O3/c1-12(2)14(11-15(19)20)17-16(21)18(3)10-9-13-7-5-4-6-8-13/h4-8,12,14H,9-11H2,1-3H3,(H,17,21)(H,19,20). The largest absolute Gasteiger partial charge is 0.481 e. The van der Waals surface area contributed by atoms with Crippen LogP contribution in [0.3, 0.4) is 0 Å². The summed E-state index contributed by atoms with van der Waals surface area (Å²) in [6.45, 7) is 4.39. The third-order valence-electron chi connectivity index (χ3n) is 3.43. The van der Waals surface area contributed by atoms with Gasteiger partial charge in [0, 0.05) is 19.6 Å². The van der Waals surface area contributed by atoms with Crippen molar-refractivity contribution in [1.29, 1.82) is 0 Å². The number of amides is 2. The normalized spacial score (nSPS) is 12.0. The average Bonchev–Trinajstić information content (AvgIpc) is 2.44. The lowest BCUT2D eigenvalue weighted by molar-refractivity contribution is -0.137. The van der Waals surface area contributed by atoms with Crippen molar-refractivity contribution in [2.45, 2.75) is 32.7 Å². The van der Waals surface area contributed by atoms with Crippen LogP contribution in [0.5, 0.6) is 0 Å². The van der Waals surface area contributed by atoms with Crippen LogP contribution in [0.2, 0.25) is 0 Å². The Morgan fingerprint density at radius 2 is 1.86 bits per heavy atom. The highest BCUT2D eigenvalue weighted by atomic mass is 16.4. The van der Waals surface area contributed by atoms with Crippen molar-refractivity contribution in [2.75, 3.05) is 13.6 Å². The molecule has 116 valence electrons. The average molecular weight is 292 g/mol. The van der Waals surface area contributed by atoms with Gasteiger partial charge in [-0.05, 0) is 17.9 Å². The number of carboxylic acid groups (broad SMARTS) is 1. The minimum absolute atomic E-state index is 0.0596. The van der Waals surface area contributed by atoms with Crippen molar-refractivity contribution in [1.82, 2.24) is 10.2 Å². The van der Waals surface area contributed by atoms with Crippen molar-refractivity contribution in [3.05, 3.63) is 35.9 Å². The molecular weight excluding hydrogens is 268 g/mol. The molecule has 0 aliphatic rings. The Hall–Kier alpha value is -2.04. The van der Waals surface area contributed by atoms with Gasteiger partial charge in [0.15, 0.2) is 0 Å². The molecule has 5 heteroatoms. The van der Waals surface area contributed by atoms with Crippen molar-refractivity contribution in [3.63, 3.8) is 0 Å². The van der Waals surface area contributed by atoms with E-state index in [4.69, 9.17) is 5.11 Å². The number of carboxylic acids is 1. The molecule has 0 aliphatic heterocycles. The number of carbonyl (C=O) groups is 2. The van der Waals surface area contributed by atoms with Gasteiger partial charge >= 0.3 is 12.0 Å². The highest BCUT2D eigenvalue weighted by molar-refractivity contribution is 5.75. The number of rotatable bonds is 7. The zero-order chi connectivity index (χ0) is 15.8. The first-order chi connectivity index (χ1) is 9.90. The minimum Gasteiger partial charge on any atom is -0.481 e. The van der Waals surface area contributed by atoms with E-state index in [2.05, 4.69) is 5.32 Å². The van der Waals surface area contributed by atoms with Crippen LogP contribution in [-0.2, 0) is 11.2 Å². The van der Waals surface area contributed by atoms with Crippen molar-refractivity contribution in [2.24, 2.45) is 5.92 Å². The van der Waals surface area contributed by atoms with Crippen LogP contribution in [0.25, 0.3) is 0 Å². The van der Waals surface area contributed by atoms with Crippen LogP contribution in [-0.4, -0.2) is 41.6 Å². The van der Waals surface area contributed by atoms with Crippen LogP contribution in [0.4, 0.5) is 4.79 Å². The molecule has 0 aromatic heterocycles. The second-order valence-electron chi connectivity index (χ2n) is 5.56. The van der Waals surface area contributed by atoms with Gasteiger partial charge in [-0.2, -0.15) is 0 Å². The zero-order valence-electron chi connectivity index (χ0n) is 12.9. The number of aliphatic carboxylic acids is 1. The lowest BCUT2D eigenvalue weighted by atomic mass is 10.0. The lowest BCUT2D eigenvalue weighted by Gasteiger charge is -2.25. The number of hydrogen-bond donors (Lipinski definition) is 2. The van der Waals surface area contributed by atoms with Crippen molar-refractivity contribution in [3.8, 4) is 0 Å². The summed E-state index contributed by atoms with van der Waals surface area (Å²) in [5.74, 6) is -0.825. The second-order valence-corrected chi connectivity index (χ2v) is 5.56. The predicted octanol–water partition coefficient (Wildman–Crippen LogP) is 2.37. The fourth-order valence-corrected chi connectivity index (χ4v) is 1.95. The summed E-state index contributed by atoms with van der Waals surface area (Å²) in [4.78, 5) is 24.5. The third kappa shape index (κ3) is 6.29. The molecule has 0 fully saturated rings. The maximum absolute atomic E-state index is 12.1. The maximum atomic E-state index is 12.1. The van der Waals surface area contributed by atoms with Gasteiger partial charge in [0.05, 0.1) is 6.42 Å². The van der Waals surface area contributed by atoms with Crippen molar-refractivity contribution < 1.29 is 14.7 Å². The van der Waals surface area contributed by atoms with Gasteiger partial charge in [-0.1, -0.05) is 44.2 Å². The van der Waals surface area contributed by atoms with Gasteiger partial charge in [-0.3, -0.25) is 4.79 Å². The van der Waals surface area contributed by atoms with Crippen LogP contribution in [0.1, 0.15) is 25.8 Å². The van der Waals surface area contributed by atoms with E-state index < -0.39 is 5.97 Å². The molecule has 0 aliphatic carbocycles. The van der Waals surface area contributed by atoms with E-state index in [1.165, 1.54) is 5.56 Å². The molecule has 0 radical (unpaired) electrons. The highest BCUT2D eigenvalue weighted by Crippen LogP contribution is 2.07. The van der Waals surface area contributed by atoms with E-state index in [1.54, 1.807) is 11.9 Å². The van der Waals surface area contributed by atoms with Gasteiger partial charge in [-0.25, -0.2) is 4.79 Å². The Morgan fingerprint density at radius 3 is 2.38 bits per heavy atom. The smallest absolute Gasteiger partial charge is 0.317 e. The molecule has 0 saturated heterocycles. The molecule has 21 heavy (non-hydrogen) atoms. The topological polar surface area (TPSA) is 69.6 Å². The molecule has 0 spiro atoms. The lowest BCUT2D eigenvalue weighted by Crippen LogP contribution is -2.46. The van der Waals surface area contributed by atoms with E-state index in [-0.39, 0.29) is 24.4 Å². The van der Waals surface area contributed by atoms with Gasteiger partial charge in [0.25, 0.3) is 0 Å². The Bertz CT molecular complexity index is 460. The quantitative estimate of drug-likeness (QED) is 0.810. The van der Waals surface area contributed by atoms with Crippen LogP contribution < -0.4 is 5.32 Å². The Kier molecular flexibility index (Phi) is 6.72. The SMILES string of the molecule is CC(C)C(CC(=O)O)NC(=O)N(C)CCc1ccccc1. The summed E-state index contributed by atoms with van der Waals surface area (Å²) < 4.78 is 0. The molecule has 1 unspecified atom stereocenters. The Morgan fingerprint density at radius 1 is 1.24 bits per heavy atom. The number of benzene rings is 1. The fourth-order valence-electron chi connectivity index (χ4n) is 1.95. The first kappa shape index (κ1) is 17.0. The molecular formula is C16H24N2O3. The van der Waals surface area contributed by atoms with Crippen LogP contribution >= 0.6 is 0 Å². The van der Waals surface area contributed by atoms with Gasteiger partial charge in [0.2, 0.25) is 0 Å². The van der Waals surface area contributed by atoms with Gasteiger partial charge < -0.3 is 15.3 Å². The van der Waals surface area contributed by atoms with E-state index in [9.17, 15) is 9.59 Å². The molecule has 5 nitrogen and oxygen atoms in total. The summed E-state index contributed by atoms with van der Waals surface area (Å²) >= 11 is 0. The second kappa shape index (κ2) is 8.29. The maximum Gasteiger partial charge on any atom is 0.317 e. The summed E-state index contributed by atoms with van der Waals surface area (Å²) in [5.41, 5.74) is 1.17. The minimum atomic E-state index is -0.902. The van der Waals surface area contributed by atoms with E-state index in [0.29, 0.717) is 6.54 Å². The van der Waals surface area contributed by atoms with E-state index in [1.807, 2.05) is 44.2 Å². The fraction of sp³-hybridized carbons (Fsp3) is 0.500. The molecule has 0 bridgehead atoms. The number of urea groups is 1. The zero-order valence-corrected chi connectivity index (χ0v) is 12.9. The molecule has 1 aromatic rings. The summed E-state index contributed by atoms with van der Waals surface area (Å²) in [6, 6.07) is 9.35. The van der Waals surface area contributed by atoms with Crippen LogP contribution in [0.15, 0.2) is 30.3 Å². The van der Waals surface area contributed by atoms with Crippen molar-refractivity contribution >= 4 is 12.0 Å². The van der Waals surface area contributed by atoms with E-state index in [0.717, 1.165) is 6.42 Å². The Labute approximate surface area is 126 Å². The Balaban J connectivity index is 2.47. The molecule has 2 amide bonds. The number of likely N-dealkylation sites (N-methyl/N-ethyl adjacent to an activating group) is 1. The number of hydrogen-bond acceptors (Lipinski definition) is 2. The highest BCUT2D eigenvalue weighted by Gasteiger charge is 2.20. The molecule has 2 N–H and O–H groups in total. The van der Waals surface area contributed by atoms with Gasteiger partial charge in [0.1, 0.15) is 0 Å². The molecule has 0 heterocycles.